The zero-order valence-electron chi connectivity index (χ0n) is 3.16. The van der Waals surface area contributed by atoms with Crippen LogP contribution in [0.3, 0.4) is 0 Å². The highest BCUT2D eigenvalue weighted by Crippen LogP contribution is 1.62. The molecule has 1 N–H and O–H groups in total. The maximum Gasteiger partial charge on any atom is 0.0482 e. The fourth-order valence-corrected chi connectivity index (χ4v) is 0.176. The Morgan fingerprint density at radius 2 is 2.50 bits per heavy atom. The van der Waals surface area contributed by atoms with E-state index in [2.05, 4.69) is 17.4 Å². The number of hydrogen-bond donors (Lipinski definition) is 1. The molecule has 0 aromatic heterocycles. The Morgan fingerprint density at radius 3 is 2.67 bits per heavy atom. The minimum absolute atomic E-state index is 0.561. The van der Waals surface area contributed by atoms with Gasteiger partial charge in [0.2, 0.25) is 0 Å². The van der Waals surface area contributed by atoms with E-state index >= 15 is 0 Å². The van der Waals surface area contributed by atoms with Crippen molar-refractivity contribution in [3.8, 4) is 0 Å². The lowest BCUT2D eigenvalue weighted by atomic mass is 10.6. The Bertz CT molecular complexity index is 61.8. The summed E-state index contributed by atoms with van der Waals surface area (Å²) >= 11 is 4.39. The van der Waals surface area contributed by atoms with Crippen molar-refractivity contribution in [3.63, 3.8) is 0 Å². The molecule has 0 rings (SSSR count). The molecule has 0 fully saturated rings. The van der Waals surface area contributed by atoms with Crippen molar-refractivity contribution in [3.05, 3.63) is 0 Å². The molecule has 0 aliphatic rings. The topological polar surface area (TPSA) is 32.6 Å². The minimum atomic E-state index is 0.561. The molecule has 0 radical (unpaired) electrons. The standard InChI is InChI=1S/C3H5NOS/c5-4-2-1-3-6/h2-3,5H,1H2. The first-order chi connectivity index (χ1) is 2.91. The highest BCUT2D eigenvalue weighted by molar-refractivity contribution is 7.79. The van der Waals surface area contributed by atoms with E-state index in [-0.39, 0.29) is 0 Å². The van der Waals surface area contributed by atoms with Gasteiger partial charge in [0.25, 0.3) is 0 Å². The second kappa shape index (κ2) is 4.56. The van der Waals surface area contributed by atoms with Crippen molar-refractivity contribution in [2.75, 3.05) is 0 Å². The molecule has 0 aromatic rings. The molecule has 34 valence electrons. The Labute approximate surface area is 41.5 Å². The number of hydrogen-bond acceptors (Lipinski definition) is 3. The van der Waals surface area contributed by atoms with Crippen LogP contribution in [-0.4, -0.2) is 16.8 Å². The molecule has 0 spiro atoms. The molecule has 0 unspecified atom stereocenters. The molecule has 0 saturated carbocycles. The monoisotopic (exact) mass is 103 g/mol. The van der Waals surface area contributed by atoms with Crippen LogP contribution in [-0.2, 0) is 0 Å². The largest absolute Gasteiger partial charge is 0.411 e. The van der Waals surface area contributed by atoms with Crippen LogP contribution in [0.25, 0.3) is 0 Å². The van der Waals surface area contributed by atoms with Crippen LogP contribution >= 0.6 is 12.2 Å². The van der Waals surface area contributed by atoms with Crippen molar-refractivity contribution >= 4 is 23.8 Å². The van der Waals surface area contributed by atoms with E-state index in [1.807, 2.05) is 0 Å². The predicted molar refractivity (Wildman–Crippen MR) is 28.6 cm³/mol. The van der Waals surface area contributed by atoms with E-state index in [0.29, 0.717) is 6.42 Å². The summed E-state index contributed by atoms with van der Waals surface area (Å²) in [5.74, 6) is 0. The third kappa shape index (κ3) is 3.56. The van der Waals surface area contributed by atoms with Crippen LogP contribution in [0.1, 0.15) is 6.42 Å². The lowest BCUT2D eigenvalue weighted by Gasteiger charge is -1.67. The molecule has 6 heavy (non-hydrogen) atoms. The summed E-state index contributed by atoms with van der Waals surface area (Å²) in [6, 6.07) is 0. The number of rotatable bonds is 2. The van der Waals surface area contributed by atoms with Gasteiger partial charge in [-0.15, -0.1) is 5.16 Å². The van der Waals surface area contributed by atoms with Crippen LogP contribution in [0.5, 0.6) is 0 Å². The molecule has 0 aliphatic carbocycles. The molecular weight excluding hydrogens is 98.1 g/mol. The van der Waals surface area contributed by atoms with Crippen LogP contribution < -0.4 is 0 Å². The summed E-state index contributed by atoms with van der Waals surface area (Å²) in [4.78, 5) is 0. The highest BCUT2D eigenvalue weighted by Gasteiger charge is 1.62. The lowest BCUT2D eigenvalue weighted by Crippen LogP contribution is -1.70. The number of thiocarbonyl (C=S) groups is 1. The average Bonchev–Trinajstić information content (AvgIpc) is 1.61. The number of oxime groups is 1. The minimum Gasteiger partial charge on any atom is -0.411 e. The summed E-state index contributed by atoms with van der Waals surface area (Å²) < 4.78 is 0. The van der Waals surface area contributed by atoms with Gasteiger partial charge in [0, 0.05) is 12.6 Å². The zero-order chi connectivity index (χ0) is 4.83. The quantitative estimate of drug-likeness (QED) is 0.243. The van der Waals surface area contributed by atoms with Gasteiger partial charge in [0.15, 0.2) is 0 Å². The molecular formula is C3H5NOS. The first kappa shape index (κ1) is 5.56. The third-order valence-electron chi connectivity index (χ3n) is 0.283. The molecule has 3 heteroatoms. The van der Waals surface area contributed by atoms with Crippen LogP contribution in [0.2, 0.25) is 0 Å². The van der Waals surface area contributed by atoms with Gasteiger partial charge in [-0.1, -0.05) is 12.2 Å². The van der Waals surface area contributed by atoms with Gasteiger partial charge >= 0.3 is 0 Å². The molecule has 0 aliphatic heterocycles. The summed E-state index contributed by atoms with van der Waals surface area (Å²) in [6.07, 6.45) is 1.89. The van der Waals surface area contributed by atoms with Crippen molar-refractivity contribution in [2.45, 2.75) is 6.42 Å². The smallest absolute Gasteiger partial charge is 0.0482 e. The van der Waals surface area contributed by atoms with Gasteiger partial charge in [-0.3, -0.25) is 0 Å². The molecule has 0 heterocycles. The summed E-state index contributed by atoms with van der Waals surface area (Å²) in [6.45, 7) is 0. The first-order valence-electron chi connectivity index (χ1n) is 1.51. The molecule has 0 amide bonds. The van der Waals surface area contributed by atoms with E-state index in [0.717, 1.165) is 0 Å². The Hall–Kier alpha value is -0.440. The SMILES string of the molecule is ON=CCC=S. The maximum atomic E-state index is 7.70. The Morgan fingerprint density at radius 1 is 1.83 bits per heavy atom. The second-order valence-corrected chi connectivity index (χ2v) is 1.03. The Kier molecular flexibility index (Phi) is 4.23. The second-order valence-electron chi connectivity index (χ2n) is 0.700. The van der Waals surface area contributed by atoms with Crippen LogP contribution in [0.4, 0.5) is 0 Å². The molecule has 0 bridgehead atoms. The normalized spacial score (nSPS) is 9.33. The molecule has 2 nitrogen and oxygen atoms in total. The van der Waals surface area contributed by atoms with Crippen LogP contribution in [0.15, 0.2) is 5.16 Å². The van der Waals surface area contributed by atoms with Crippen molar-refractivity contribution in [1.82, 2.24) is 0 Å². The van der Waals surface area contributed by atoms with E-state index in [4.69, 9.17) is 5.21 Å². The summed E-state index contributed by atoms with van der Waals surface area (Å²) in [5, 5.41) is 11.9. The average molecular weight is 103 g/mol. The fraction of sp³-hybridized carbons (Fsp3) is 0.333. The maximum absolute atomic E-state index is 7.70. The fourth-order valence-electron chi connectivity index (χ4n) is 0.0902. The van der Waals surface area contributed by atoms with Crippen LogP contribution in [0, 0.1) is 0 Å². The van der Waals surface area contributed by atoms with E-state index < -0.39 is 0 Å². The zero-order valence-corrected chi connectivity index (χ0v) is 3.98. The predicted octanol–water partition coefficient (Wildman–Crippen LogP) is 0.836. The van der Waals surface area contributed by atoms with Crippen molar-refractivity contribution in [1.29, 1.82) is 0 Å². The van der Waals surface area contributed by atoms with Gasteiger partial charge in [-0.05, 0) is 5.37 Å². The van der Waals surface area contributed by atoms with Gasteiger partial charge in [0.05, 0.1) is 0 Å². The number of nitrogens with zero attached hydrogens (tertiary/aromatic N) is 1. The van der Waals surface area contributed by atoms with E-state index in [1.165, 1.54) is 11.6 Å². The van der Waals surface area contributed by atoms with Gasteiger partial charge in [0.1, 0.15) is 0 Å². The van der Waals surface area contributed by atoms with E-state index in [9.17, 15) is 0 Å². The van der Waals surface area contributed by atoms with E-state index in [1.54, 1.807) is 0 Å². The Balaban J connectivity index is 2.85. The lowest BCUT2D eigenvalue weighted by molar-refractivity contribution is 0.321. The van der Waals surface area contributed by atoms with Gasteiger partial charge < -0.3 is 5.21 Å². The molecule has 0 saturated heterocycles. The highest BCUT2D eigenvalue weighted by atomic mass is 32.1. The van der Waals surface area contributed by atoms with Crippen molar-refractivity contribution in [2.24, 2.45) is 5.16 Å². The third-order valence-corrected chi connectivity index (χ3v) is 0.476. The summed E-state index contributed by atoms with van der Waals surface area (Å²) in [7, 11) is 0. The van der Waals surface area contributed by atoms with Crippen molar-refractivity contribution < 1.29 is 5.21 Å². The first-order valence-corrected chi connectivity index (χ1v) is 1.98. The van der Waals surface area contributed by atoms with Gasteiger partial charge in [-0.25, -0.2) is 0 Å². The van der Waals surface area contributed by atoms with Gasteiger partial charge in [-0.2, -0.15) is 0 Å². The summed E-state index contributed by atoms with van der Waals surface area (Å²) in [5.41, 5.74) is 0. The molecule has 0 atom stereocenters. The molecule has 0 aromatic carbocycles.